The van der Waals surface area contributed by atoms with Gasteiger partial charge in [0, 0.05) is 6.07 Å². The summed E-state index contributed by atoms with van der Waals surface area (Å²) in [7, 11) is 0. The second kappa shape index (κ2) is 8.92. The van der Waals surface area contributed by atoms with Crippen LogP contribution in [0.25, 0.3) is 0 Å². The molecule has 27 heavy (non-hydrogen) atoms. The quantitative estimate of drug-likeness (QED) is 0.744. The molecule has 1 atom stereocenters. The summed E-state index contributed by atoms with van der Waals surface area (Å²) in [6, 6.07) is 13.6. The van der Waals surface area contributed by atoms with Crippen LogP contribution < -0.4 is 14.8 Å². The van der Waals surface area contributed by atoms with Crippen molar-refractivity contribution in [1.29, 1.82) is 5.26 Å². The highest BCUT2D eigenvalue weighted by Crippen LogP contribution is 2.37. The Kier molecular flexibility index (Phi) is 6.36. The molecule has 0 aromatic heterocycles. The largest absolute Gasteiger partial charge is 0.490 e. The van der Waals surface area contributed by atoms with E-state index < -0.39 is 0 Å². The Bertz CT molecular complexity index is 876. The highest BCUT2D eigenvalue weighted by Gasteiger charge is 2.22. The molecule has 1 amide bonds. The molecule has 140 valence electrons. The highest BCUT2D eigenvalue weighted by molar-refractivity contribution is 9.10. The minimum absolute atomic E-state index is 0.0156. The number of aryl methyl sites for hydroxylation is 1. The van der Waals surface area contributed by atoms with Gasteiger partial charge in [0.2, 0.25) is 0 Å². The molecule has 0 heterocycles. The Balaban J connectivity index is 1.68. The normalized spacial score (nSPS) is 15.4. The molecule has 1 aliphatic rings. The minimum Gasteiger partial charge on any atom is -0.490 e. The van der Waals surface area contributed by atoms with Crippen molar-refractivity contribution in [3.63, 3.8) is 0 Å². The van der Waals surface area contributed by atoms with Crippen LogP contribution in [-0.4, -0.2) is 19.1 Å². The molecular weight excluding hydrogens is 408 g/mol. The number of nitrogens with one attached hydrogen (secondary N) is 1. The molecule has 0 fully saturated rings. The molecule has 1 N–H and O–H groups in total. The van der Waals surface area contributed by atoms with Crippen molar-refractivity contribution in [2.24, 2.45) is 0 Å². The van der Waals surface area contributed by atoms with E-state index in [4.69, 9.17) is 14.7 Å². The Labute approximate surface area is 167 Å². The summed E-state index contributed by atoms with van der Waals surface area (Å²) in [5.74, 6) is 0.685. The van der Waals surface area contributed by atoms with Gasteiger partial charge in [-0.1, -0.05) is 24.3 Å². The topological polar surface area (TPSA) is 71.3 Å². The Morgan fingerprint density at radius 2 is 2.15 bits per heavy atom. The fourth-order valence-corrected chi connectivity index (χ4v) is 3.87. The SMILES string of the molecule is CCOc1cc(C#N)cc(Br)c1OCC(=O)N[C@@H]1CCCc2ccccc21. The third-order valence-corrected chi connectivity index (χ3v) is 5.08. The van der Waals surface area contributed by atoms with E-state index in [1.165, 1.54) is 11.1 Å². The molecule has 0 unspecified atom stereocenters. The third-order valence-electron chi connectivity index (χ3n) is 4.49. The number of amides is 1. The van der Waals surface area contributed by atoms with E-state index in [0.717, 1.165) is 19.3 Å². The Morgan fingerprint density at radius 3 is 2.93 bits per heavy atom. The number of carbonyl (C=O) groups excluding carboxylic acids is 1. The molecule has 1 aliphatic carbocycles. The van der Waals surface area contributed by atoms with Gasteiger partial charge < -0.3 is 14.8 Å². The number of hydrogen-bond acceptors (Lipinski definition) is 4. The maximum absolute atomic E-state index is 12.5. The zero-order valence-corrected chi connectivity index (χ0v) is 16.7. The molecule has 0 aliphatic heterocycles. The fourth-order valence-electron chi connectivity index (χ4n) is 3.31. The first-order valence-corrected chi connectivity index (χ1v) is 9.78. The number of rotatable bonds is 6. The first-order chi connectivity index (χ1) is 13.1. The number of carbonyl (C=O) groups is 1. The van der Waals surface area contributed by atoms with Crippen LogP contribution in [0.2, 0.25) is 0 Å². The average Bonchev–Trinajstić information content (AvgIpc) is 2.67. The van der Waals surface area contributed by atoms with Crippen LogP contribution in [0.5, 0.6) is 11.5 Å². The van der Waals surface area contributed by atoms with Gasteiger partial charge in [-0.3, -0.25) is 4.79 Å². The summed E-state index contributed by atoms with van der Waals surface area (Å²) >= 11 is 3.39. The number of ether oxygens (including phenoxy) is 2. The van der Waals surface area contributed by atoms with Gasteiger partial charge in [-0.15, -0.1) is 0 Å². The maximum atomic E-state index is 12.5. The molecule has 2 aromatic carbocycles. The molecule has 0 radical (unpaired) electrons. The molecule has 5 nitrogen and oxygen atoms in total. The van der Waals surface area contributed by atoms with Crippen molar-refractivity contribution in [3.8, 4) is 17.6 Å². The van der Waals surface area contributed by atoms with E-state index in [0.29, 0.717) is 28.1 Å². The lowest BCUT2D eigenvalue weighted by Crippen LogP contribution is -2.34. The van der Waals surface area contributed by atoms with Crippen molar-refractivity contribution >= 4 is 21.8 Å². The van der Waals surface area contributed by atoms with Crippen molar-refractivity contribution in [3.05, 3.63) is 57.6 Å². The van der Waals surface area contributed by atoms with Crippen LogP contribution >= 0.6 is 15.9 Å². The van der Waals surface area contributed by atoms with E-state index in [-0.39, 0.29) is 18.6 Å². The first-order valence-electron chi connectivity index (χ1n) is 8.98. The average molecular weight is 429 g/mol. The number of halogens is 1. The van der Waals surface area contributed by atoms with Crippen LogP contribution in [0.15, 0.2) is 40.9 Å². The van der Waals surface area contributed by atoms with Gasteiger partial charge >= 0.3 is 0 Å². The van der Waals surface area contributed by atoms with Gasteiger partial charge in [-0.2, -0.15) is 5.26 Å². The van der Waals surface area contributed by atoms with Crippen LogP contribution in [0.3, 0.4) is 0 Å². The predicted octanol–water partition coefficient (Wildman–Crippen LogP) is 4.29. The number of nitrogens with zero attached hydrogens (tertiary/aromatic N) is 1. The summed E-state index contributed by atoms with van der Waals surface area (Å²) in [5, 5.41) is 12.2. The summed E-state index contributed by atoms with van der Waals surface area (Å²) in [4.78, 5) is 12.5. The molecule has 3 rings (SSSR count). The third kappa shape index (κ3) is 4.61. The summed E-state index contributed by atoms with van der Waals surface area (Å²) in [5.41, 5.74) is 2.94. The second-order valence-corrected chi connectivity index (χ2v) is 7.18. The van der Waals surface area contributed by atoms with Crippen LogP contribution in [0.4, 0.5) is 0 Å². The standard InChI is InChI=1S/C21H21BrN2O3/c1-2-26-19-11-14(12-23)10-17(22)21(19)27-13-20(25)24-18-9-5-7-15-6-3-4-8-16(15)18/h3-4,6,8,10-11,18H,2,5,7,9,13H2,1H3,(H,24,25)/t18-/m1/s1. The van der Waals surface area contributed by atoms with Gasteiger partial charge in [-0.25, -0.2) is 0 Å². The monoisotopic (exact) mass is 428 g/mol. The van der Waals surface area contributed by atoms with Gasteiger partial charge in [0.15, 0.2) is 18.1 Å². The molecule has 0 spiro atoms. The van der Waals surface area contributed by atoms with Crippen molar-refractivity contribution in [2.75, 3.05) is 13.2 Å². The predicted molar refractivity (Wildman–Crippen MR) is 106 cm³/mol. The molecule has 2 aromatic rings. The number of hydrogen-bond donors (Lipinski definition) is 1. The fraction of sp³-hybridized carbons (Fsp3) is 0.333. The molecule has 0 bridgehead atoms. The smallest absolute Gasteiger partial charge is 0.258 e. The molecule has 0 saturated heterocycles. The van der Waals surface area contributed by atoms with Crippen LogP contribution in [-0.2, 0) is 11.2 Å². The van der Waals surface area contributed by atoms with Gasteiger partial charge in [0.25, 0.3) is 5.91 Å². The van der Waals surface area contributed by atoms with Crippen molar-refractivity contribution < 1.29 is 14.3 Å². The second-order valence-electron chi connectivity index (χ2n) is 6.33. The lowest BCUT2D eigenvalue weighted by atomic mass is 9.88. The van der Waals surface area contributed by atoms with Crippen LogP contribution in [0.1, 0.15) is 42.5 Å². The molecule has 6 heteroatoms. The zero-order valence-electron chi connectivity index (χ0n) is 15.1. The Morgan fingerprint density at radius 1 is 1.33 bits per heavy atom. The van der Waals surface area contributed by atoms with E-state index in [9.17, 15) is 4.79 Å². The maximum Gasteiger partial charge on any atom is 0.258 e. The van der Waals surface area contributed by atoms with E-state index in [2.05, 4.69) is 39.4 Å². The number of nitriles is 1. The van der Waals surface area contributed by atoms with Crippen LogP contribution in [0, 0.1) is 11.3 Å². The first kappa shape index (κ1) is 19.2. The number of benzene rings is 2. The van der Waals surface area contributed by atoms with Gasteiger partial charge in [-0.05, 0) is 59.3 Å². The van der Waals surface area contributed by atoms with E-state index in [1.807, 2.05) is 19.1 Å². The van der Waals surface area contributed by atoms with Crippen molar-refractivity contribution in [2.45, 2.75) is 32.2 Å². The molecular formula is C21H21BrN2O3. The highest BCUT2D eigenvalue weighted by atomic mass is 79.9. The van der Waals surface area contributed by atoms with Gasteiger partial charge in [0.05, 0.1) is 28.8 Å². The van der Waals surface area contributed by atoms with Crippen molar-refractivity contribution in [1.82, 2.24) is 5.32 Å². The summed E-state index contributed by atoms with van der Waals surface area (Å²) in [6.07, 6.45) is 3.03. The lowest BCUT2D eigenvalue weighted by molar-refractivity contribution is -0.124. The summed E-state index contributed by atoms with van der Waals surface area (Å²) in [6.45, 7) is 2.16. The van der Waals surface area contributed by atoms with E-state index >= 15 is 0 Å². The molecule has 0 saturated carbocycles. The van der Waals surface area contributed by atoms with Gasteiger partial charge in [0.1, 0.15) is 0 Å². The zero-order chi connectivity index (χ0) is 19.2. The summed E-state index contributed by atoms with van der Waals surface area (Å²) < 4.78 is 11.9. The lowest BCUT2D eigenvalue weighted by Gasteiger charge is -2.26. The van der Waals surface area contributed by atoms with E-state index in [1.54, 1.807) is 12.1 Å². The number of fused-ring (bicyclic) bond motifs is 1. The Hall–Kier alpha value is -2.52. The minimum atomic E-state index is -0.185.